The molecule has 2 aromatic carbocycles. The van der Waals surface area contributed by atoms with Crippen LogP contribution in [0.15, 0.2) is 54.6 Å². The molecule has 2 nitrogen and oxygen atoms in total. The summed E-state index contributed by atoms with van der Waals surface area (Å²) in [6, 6.07) is 14.6. The van der Waals surface area contributed by atoms with Crippen molar-refractivity contribution in [2.75, 3.05) is 0 Å². The van der Waals surface area contributed by atoms with Crippen molar-refractivity contribution in [3.63, 3.8) is 0 Å². The second kappa shape index (κ2) is 7.09. The van der Waals surface area contributed by atoms with E-state index in [1.807, 2.05) is 18.2 Å². The summed E-state index contributed by atoms with van der Waals surface area (Å²) >= 11 is 0. The van der Waals surface area contributed by atoms with Crippen LogP contribution in [0.2, 0.25) is 0 Å². The molecule has 0 atom stereocenters. The van der Waals surface area contributed by atoms with Crippen LogP contribution in [0.1, 0.15) is 59.9 Å². The molecule has 0 fully saturated rings. The zero-order valence-electron chi connectivity index (χ0n) is 17.4. The van der Waals surface area contributed by atoms with Crippen LogP contribution in [-0.2, 0) is 19.4 Å². The molecule has 0 saturated carbocycles. The van der Waals surface area contributed by atoms with E-state index in [9.17, 15) is 4.79 Å². The highest BCUT2D eigenvalue weighted by atomic mass is 16.1. The predicted octanol–water partition coefficient (Wildman–Crippen LogP) is 6.27. The van der Waals surface area contributed by atoms with Gasteiger partial charge in [0.15, 0.2) is 5.78 Å². The summed E-state index contributed by atoms with van der Waals surface area (Å²) in [7, 11) is 0. The van der Waals surface area contributed by atoms with Gasteiger partial charge in [0.2, 0.25) is 0 Å². The number of aromatic nitrogens is 1. The molecule has 144 valence electrons. The number of ketones is 1. The fourth-order valence-corrected chi connectivity index (χ4v) is 4.64. The first-order chi connectivity index (χ1) is 13.4. The lowest BCUT2D eigenvalue weighted by Crippen LogP contribution is -2.09. The molecule has 0 bridgehead atoms. The van der Waals surface area contributed by atoms with Gasteiger partial charge in [-0.3, -0.25) is 4.79 Å². The highest BCUT2D eigenvalue weighted by molar-refractivity contribution is 6.17. The number of benzene rings is 2. The molecule has 3 aromatic rings. The van der Waals surface area contributed by atoms with Gasteiger partial charge in [-0.25, -0.2) is 0 Å². The van der Waals surface area contributed by atoms with Crippen LogP contribution in [-0.4, -0.2) is 10.4 Å². The number of rotatable bonds is 5. The van der Waals surface area contributed by atoms with Crippen LogP contribution >= 0.6 is 0 Å². The number of carbonyl (C=O) groups is 1. The Morgan fingerprint density at radius 3 is 2.61 bits per heavy atom. The molecule has 2 heteroatoms. The number of hydrogen-bond acceptors (Lipinski definition) is 1. The summed E-state index contributed by atoms with van der Waals surface area (Å²) in [4.78, 5) is 13.6. The van der Waals surface area contributed by atoms with Crippen molar-refractivity contribution in [1.29, 1.82) is 0 Å². The van der Waals surface area contributed by atoms with Crippen molar-refractivity contribution in [1.82, 2.24) is 4.57 Å². The van der Waals surface area contributed by atoms with Gasteiger partial charge in [0.05, 0.1) is 5.56 Å². The summed E-state index contributed by atoms with van der Waals surface area (Å²) in [5, 5.41) is 1.05. The maximum absolute atomic E-state index is 13.6. The molecule has 1 aliphatic rings. The lowest BCUT2D eigenvalue weighted by molar-refractivity contribution is 0.103. The fourth-order valence-electron chi connectivity index (χ4n) is 4.64. The summed E-state index contributed by atoms with van der Waals surface area (Å²) in [5.74, 6) is 0.138. The van der Waals surface area contributed by atoms with Crippen LogP contribution in [0.25, 0.3) is 10.9 Å². The predicted molar refractivity (Wildman–Crippen MR) is 117 cm³/mol. The first kappa shape index (κ1) is 18.7. The van der Waals surface area contributed by atoms with Crippen molar-refractivity contribution in [2.45, 2.75) is 53.5 Å². The van der Waals surface area contributed by atoms with Gasteiger partial charge in [-0.05, 0) is 54.9 Å². The fraction of sp³-hybridized carbons (Fsp3) is 0.346. The third-order valence-electron chi connectivity index (χ3n) is 5.95. The summed E-state index contributed by atoms with van der Waals surface area (Å²) in [6.45, 7) is 9.61. The third-order valence-corrected chi connectivity index (χ3v) is 5.95. The highest BCUT2D eigenvalue weighted by Gasteiger charge is 2.29. The summed E-state index contributed by atoms with van der Waals surface area (Å²) < 4.78 is 2.26. The average Bonchev–Trinajstić information content (AvgIpc) is 3.13. The first-order valence-electron chi connectivity index (χ1n) is 10.3. The first-order valence-corrected chi connectivity index (χ1v) is 10.3. The maximum Gasteiger partial charge on any atom is 0.195 e. The lowest BCUT2D eigenvalue weighted by atomic mass is 9.90. The van der Waals surface area contributed by atoms with Crippen molar-refractivity contribution in [2.24, 2.45) is 5.41 Å². The third kappa shape index (κ3) is 3.22. The quantitative estimate of drug-likeness (QED) is 0.382. The van der Waals surface area contributed by atoms with Crippen LogP contribution in [0.5, 0.6) is 0 Å². The summed E-state index contributed by atoms with van der Waals surface area (Å²) in [5.41, 5.74) is 6.86. The number of nitrogens with zero attached hydrogens (tertiary/aromatic N) is 1. The van der Waals surface area contributed by atoms with Crippen LogP contribution < -0.4 is 0 Å². The zero-order valence-corrected chi connectivity index (χ0v) is 17.4. The van der Waals surface area contributed by atoms with E-state index in [0.29, 0.717) is 5.41 Å². The normalized spacial score (nSPS) is 15.4. The largest absolute Gasteiger partial charge is 0.340 e. The van der Waals surface area contributed by atoms with E-state index in [1.54, 1.807) is 0 Å². The minimum absolute atomic E-state index is 0.138. The van der Waals surface area contributed by atoms with Crippen LogP contribution in [0, 0.1) is 12.3 Å². The van der Waals surface area contributed by atoms with E-state index >= 15 is 0 Å². The van der Waals surface area contributed by atoms with Crippen molar-refractivity contribution >= 4 is 16.7 Å². The Labute approximate surface area is 167 Å². The van der Waals surface area contributed by atoms with Gasteiger partial charge >= 0.3 is 0 Å². The Kier molecular flexibility index (Phi) is 4.74. The smallest absolute Gasteiger partial charge is 0.195 e. The SMILES string of the molecule is CC/C=C\Cn1c(C)c(C(=O)c2ccc3c(c2)CC(C)(C)C3)c2ccccc21. The highest BCUT2D eigenvalue weighted by Crippen LogP contribution is 2.37. The van der Waals surface area contributed by atoms with E-state index in [2.05, 4.69) is 68.7 Å². The Hall–Kier alpha value is -2.61. The standard InChI is InChI=1S/C26H29NO/c1-5-6-9-14-27-18(2)24(22-10-7-8-11-23(22)27)25(28)19-12-13-20-16-26(3,4)17-21(20)15-19/h6-13,15H,5,14,16-17H2,1-4H3/b9-6-. The Morgan fingerprint density at radius 1 is 1.07 bits per heavy atom. The number of hydrogen-bond donors (Lipinski definition) is 0. The van der Waals surface area contributed by atoms with Gasteiger partial charge in [-0.15, -0.1) is 0 Å². The molecule has 0 spiro atoms. The van der Waals surface area contributed by atoms with E-state index in [4.69, 9.17) is 0 Å². The molecule has 0 amide bonds. The van der Waals surface area contributed by atoms with Gasteiger partial charge in [0.1, 0.15) is 0 Å². The molecular formula is C26H29NO. The van der Waals surface area contributed by atoms with Gasteiger partial charge in [-0.2, -0.15) is 0 Å². The maximum atomic E-state index is 13.6. The Morgan fingerprint density at radius 2 is 1.82 bits per heavy atom. The number of carbonyl (C=O) groups excluding carboxylic acids is 1. The van der Waals surface area contributed by atoms with E-state index in [1.165, 1.54) is 11.1 Å². The molecule has 0 N–H and O–H groups in total. The number of allylic oxidation sites excluding steroid dienone is 2. The topological polar surface area (TPSA) is 22.0 Å². The van der Waals surface area contributed by atoms with E-state index < -0.39 is 0 Å². The van der Waals surface area contributed by atoms with E-state index in [0.717, 1.165) is 53.5 Å². The van der Waals surface area contributed by atoms with Gasteiger partial charge < -0.3 is 4.57 Å². The van der Waals surface area contributed by atoms with Gasteiger partial charge in [0.25, 0.3) is 0 Å². The Balaban J connectivity index is 1.79. The minimum atomic E-state index is 0.138. The molecule has 1 aliphatic carbocycles. The lowest BCUT2D eigenvalue weighted by Gasteiger charge is -2.14. The van der Waals surface area contributed by atoms with Gasteiger partial charge in [-0.1, -0.05) is 63.3 Å². The molecule has 28 heavy (non-hydrogen) atoms. The second-order valence-electron chi connectivity index (χ2n) is 8.80. The molecule has 0 aliphatic heterocycles. The number of para-hydroxylation sites is 1. The average molecular weight is 372 g/mol. The Bertz CT molecular complexity index is 1080. The van der Waals surface area contributed by atoms with Crippen LogP contribution in [0.3, 0.4) is 0 Å². The second-order valence-corrected chi connectivity index (χ2v) is 8.80. The molecule has 0 saturated heterocycles. The monoisotopic (exact) mass is 371 g/mol. The van der Waals surface area contributed by atoms with Crippen LogP contribution in [0.4, 0.5) is 0 Å². The summed E-state index contributed by atoms with van der Waals surface area (Å²) in [6.07, 6.45) is 7.53. The van der Waals surface area contributed by atoms with Crippen molar-refractivity contribution < 1.29 is 4.79 Å². The number of fused-ring (bicyclic) bond motifs is 2. The van der Waals surface area contributed by atoms with E-state index in [-0.39, 0.29) is 5.78 Å². The minimum Gasteiger partial charge on any atom is -0.340 e. The molecular weight excluding hydrogens is 342 g/mol. The van der Waals surface area contributed by atoms with Gasteiger partial charge in [0, 0.05) is 28.7 Å². The molecule has 4 rings (SSSR count). The zero-order chi connectivity index (χ0) is 19.9. The molecule has 0 unspecified atom stereocenters. The molecule has 1 heterocycles. The van der Waals surface area contributed by atoms with Crippen molar-refractivity contribution in [3.05, 3.63) is 82.6 Å². The molecule has 0 radical (unpaired) electrons. The molecule has 1 aromatic heterocycles. The van der Waals surface area contributed by atoms with Crippen molar-refractivity contribution in [3.8, 4) is 0 Å².